The summed E-state index contributed by atoms with van der Waals surface area (Å²) < 4.78 is 36.0. The molecule has 1 aliphatic rings. The minimum absolute atomic E-state index is 0.00533. The molecular weight excluding hydrogens is 714 g/mol. The highest BCUT2D eigenvalue weighted by Crippen LogP contribution is 2.35. The summed E-state index contributed by atoms with van der Waals surface area (Å²) in [4.78, 5) is 30.5. The molecule has 1 saturated carbocycles. The zero-order valence-electron chi connectivity index (χ0n) is 26.7. The van der Waals surface area contributed by atoms with Gasteiger partial charge < -0.3 is 15.0 Å². The summed E-state index contributed by atoms with van der Waals surface area (Å²) in [7, 11) is -2.88. The largest absolute Gasteiger partial charge is 0.495 e. The fourth-order valence-corrected chi connectivity index (χ4v) is 8.07. The average molecular weight is 753 g/mol. The van der Waals surface area contributed by atoms with Crippen molar-refractivity contribution in [3.8, 4) is 5.75 Å². The summed E-state index contributed by atoms with van der Waals surface area (Å²) in [6.07, 6.45) is 5.19. The molecule has 11 heteroatoms. The van der Waals surface area contributed by atoms with Gasteiger partial charge in [-0.05, 0) is 66.4 Å². The molecule has 0 spiro atoms. The normalized spacial score (nSPS) is 14.1. The summed E-state index contributed by atoms with van der Waals surface area (Å²) >= 11 is 9.90. The lowest BCUT2D eigenvalue weighted by Gasteiger charge is -2.35. The van der Waals surface area contributed by atoms with E-state index in [0.29, 0.717) is 0 Å². The number of anilines is 1. The van der Waals surface area contributed by atoms with Crippen LogP contribution in [-0.2, 0) is 32.6 Å². The van der Waals surface area contributed by atoms with E-state index in [-0.39, 0.29) is 46.3 Å². The lowest BCUT2D eigenvalue weighted by Crippen LogP contribution is -2.55. The highest BCUT2D eigenvalue weighted by molar-refractivity contribution is 9.10. The first-order valence-corrected chi connectivity index (χ1v) is 18.6. The van der Waals surface area contributed by atoms with Crippen molar-refractivity contribution in [1.29, 1.82) is 0 Å². The van der Waals surface area contributed by atoms with Crippen molar-refractivity contribution in [3.63, 3.8) is 0 Å². The summed E-state index contributed by atoms with van der Waals surface area (Å²) in [5.41, 5.74) is 1.76. The van der Waals surface area contributed by atoms with Crippen LogP contribution in [0.25, 0.3) is 0 Å². The number of hydrogen-bond acceptors (Lipinski definition) is 5. The molecule has 4 aromatic rings. The van der Waals surface area contributed by atoms with Gasteiger partial charge in [0.25, 0.3) is 10.0 Å². The predicted molar refractivity (Wildman–Crippen MR) is 193 cm³/mol. The maximum absolute atomic E-state index is 14.8. The van der Waals surface area contributed by atoms with Crippen LogP contribution < -0.4 is 14.4 Å². The number of carbonyl (C=O) groups is 2. The maximum atomic E-state index is 14.8. The van der Waals surface area contributed by atoms with Gasteiger partial charge in [-0.15, -0.1) is 0 Å². The number of nitrogens with one attached hydrogen (secondary N) is 1. The summed E-state index contributed by atoms with van der Waals surface area (Å²) in [6.45, 7) is -0.538. The van der Waals surface area contributed by atoms with Gasteiger partial charge >= 0.3 is 0 Å². The number of hydrogen-bond donors (Lipinski definition) is 1. The van der Waals surface area contributed by atoms with Gasteiger partial charge in [0.05, 0.1) is 17.7 Å². The van der Waals surface area contributed by atoms with Crippen LogP contribution in [-0.4, -0.2) is 50.9 Å². The second-order valence-corrected chi connectivity index (χ2v) is 15.1. The van der Waals surface area contributed by atoms with Crippen LogP contribution in [0.15, 0.2) is 112 Å². The number of benzene rings is 4. The molecule has 1 fully saturated rings. The fraction of sp³-hybridized carbons (Fsp3) is 0.297. The third kappa shape index (κ3) is 8.98. The van der Waals surface area contributed by atoms with Crippen molar-refractivity contribution >= 4 is 55.1 Å². The van der Waals surface area contributed by atoms with Crippen molar-refractivity contribution < 1.29 is 22.7 Å². The zero-order chi connectivity index (χ0) is 34.1. The van der Waals surface area contributed by atoms with Gasteiger partial charge in [0.15, 0.2) is 0 Å². The molecule has 1 unspecified atom stereocenters. The summed E-state index contributed by atoms with van der Waals surface area (Å²) in [5, 5.41) is 3.50. The van der Waals surface area contributed by atoms with Gasteiger partial charge in [-0.25, -0.2) is 8.42 Å². The Hall–Kier alpha value is -3.86. The third-order valence-electron chi connectivity index (χ3n) is 8.48. The van der Waals surface area contributed by atoms with Gasteiger partial charge in [0.2, 0.25) is 11.8 Å². The van der Waals surface area contributed by atoms with Gasteiger partial charge in [0.1, 0.15) is 18.3 Å². The highest BCUT2D eigenvalue weighted by Gasteiger charge is 2.36. The smallest absolute Gasteiger partial charge is 0.264 e. The molecule has 48 heavy (non-hydrogen) atoms. The van der Waals surface area contributed by atoms with Crippen LogP contribution in [0.4, 0.5) is 5.69 Å². The van der Waals surface area contributed by atoms with Crippen molar-refractivity contribution in [3.05, 3.63) is 124 Å². The Labute approximate surface area is 296 Å². The standard InChI is InChI=1S/C37H39BrClN3O5S/c1-47-35-21-20-30(39)24-33(35)42(48(45,46)32-18-9-4-10-19-32)26-36(43)41(25-28-14-11-15-29(38)22-28)34(23-27-12-5-2-6-13-27)37(44)40-31-16-7-3-8-17-31/h2,4-6,9-15,18-22,24,31,34H,3,7-8,16-17,23,25-26H2,1H3,(H,40,44). The number of carbonyl (C=O) groups excluding carboxylic acids is 2. The Bertz CT molecular complexity index is 1800. The molecule has 0 aliphatic heterocycles. The molecule has 0 bridgehead atoms. The maximum Gasteiger partial charge on any atom is 0.264 e. The second kappa shape index (κ2) is 16.5. The average Bonchev–Trinajstić information content (AvgIpc) is 3.09. The van der Waals surface area contributed by atoms with E-state index in [1.165, 1.54) is 30.2 Å². The lowest BCUT2D eigenvalue weighted by atomic mass is 9.94. The van der Waals surface area contributed by atoms with Gasteiger partial charge in [-0.3, -0.25) is 13.9 Å². The number of ether oxygens (including phenoxy) is 1. The second-order valence-electron chi connectivity index (χ2n) is 11.8. The molecule has 2 amide bonds. The van der Waals surface area contributed by atoms with E-state index >= 15 is 0 Å². The third-order valence-corrected chi connectivity index (χ3v) is 11.0. The molecule has 4 aromatic carbocycles. The molecule has 1 aliphatic carbocycles. The molecule has 1 atom stereocenters. The zero-order valence-corrected chi connectivity index (χ0v) is 29.9. The number of nitrogens with zero attached hydrogens (tertiary/aromatic N) is 2. The van der Waals surface area contributed by atoms with Crippen molar-refractivity contribution in [2.45, 2.75) is 62.0 Å². The molecule has 5 rings (SSSR count). The Kier molecular flexibility index (Phi) is 12.2. The molecule has 252 valence electrons. The van der Waals surface area contributed by atoms with Crippen LogP contribution in [0.3, 0.4) is 0 Å². The Morgan fingerprint density at radius 2 is 1.56 bits per heavy atom. The first-order valence-electron chi connectivity index (χ1n) is 16.0. The number of rotatable bonds is 13. The van der Waals surface area contributed by atoms with E-state index in [0.717, 1.165) is 52.0 Å². The molecule has 0 saturated heterocycles. The first-order chi connectivity index (χ1) is 23.2. The van der Waals surface area contributed by atoms with E-state index in [2.05, 4.69) is 21.2 Å². The van der Waals surface area contributed by atoms with Gasteiger partial charge in [0, 0.05) is 28.5 Å². The molecule has 8 nitrogen and oxygen atoms in total. The Morgan fingerprint density at radius 3 is 2.23 bits per heavy atom. The SMILES string of the molecule is COc1ccc(Cl)cc1N(CC(=O)N(Cc1cccc(Br)c1)C(Cc1ccccc1)C(=O)NC1CCCCC1)S(=O)(=O)c1ccccc1. The van der Waals surface area contributed by atoms with E-state index < -0.39 is 28.5 Å². The van der Waals surface area contributed by atoms with Crippen molar-refractivity contribution in [1.82, 2.24) is 10.2 Å². The number of halogens is 2. The number of sulfonamides is 1. The van der Waals surface area contributed by atoms with E-state index in [1.807, 2.05) is 54.6 Å². The molecule has 1 N–H and O–H groups in total. The van der Waals surface area contributed by atoms with Gasteiger partial charge in [-0.1, -0.05) is 107 Å². The minimum Gasteiger partial charge on any atom is -0.495 e. The number of amides is 2. The van der Waals surface area contributed by atoms with Crippen LogP contribution in [0.2, 0.25) is 5.02 Å². The lowest BCUT2D eigenvalue weighted by molar-refractivity contribution is -0.140. The van der Waals surface area contributed by atoms with E-state index in [9.17, 15) is 18.0 Å². The van der Waals surface area contributed by atoms with Crippen molar-refractivity contribution in [2.24, 2.45) is 0 Å². The van der Waals surface area contributed by atoms with Gasteiger partial charge in [-0.2, -0.15) is 0 Å². The quantitative estimate of drug-likeness (QED) is 0.154. The molecular formula is C37H39BrClN3O5S. The monoisotopic (exact) mass is 751 g/mol. The topological polar surface area (TPSA) is 96.0 Å². The summed E-state index contributed by atoms with van der Waals surface area (Å²) in [5.74, 6) is -0.607. The fourth-order valence-electron chi connectivity index (χ4n) is 6.02. The van der Waals surface area contributed by atoms with E-state index in [1.54, 1.807) is 30.3 Å². The minimum atomic E-state index is -4.30. The molecule has 0 heterocycles. The highest BCUT2D eigenvalue weighted by atomic mass is 79.9. The molecule has 0 aromatic heterocycles. The van der Waals surface area contributed by atoms with Crippen LogP contribution >= 0.6 is 27.5 Å². The van der Waals surface area contributed by atoms with Crippen LogP contribution in [0.1, 0.15) is 43.2 Å². The number of methoxy groups -OCH3 is 1. The van der Waals surface area contributed by atoms with Crippen LogP contribution in [0.5, 0.6) is 5.75 Å². The molecule has 0 radical (unpaired) electrons. The Balaban J connectivity index is 1.60. The van der Waals surface area contributed by atoms with Crippen LogP contribution in [0, 0.1) is 0 Å². The van der Waals surface area contributed by atoms with E-state index in [4.69, 9.17) is 16.3 Å². The Morgan fingerprint density at radius 1 is 0.896 bits per heavy atom. The first kappa shape index (κ1) is 35.4. The predicted octanol–water partition coefficient (Wildman–Crippen LogP) is 7.40. The van der Waals surface area contributed by atoms with Crippen molar-refractivity contribution in [2.75, 3.05) is 18.0 Å². The summed E-state index contributed by atoms with van der Waals surface area (Å²) in [6, 6.07) is 28.6.